The van der Waals surface area contributed by atoms with Gasteiger partial charge in [0.25, 0.3) is 5.91 Å². The molecule has 124 valence electrons. The number of hydrogen-bond donors (Lipinski definition) is 2. The van der Waals surface area contributed by atoms with Crippen LogP contribution in [-0.2, 0) is 6.54 Å². The SMILES string of the molecule is CCC(C)NC(=O)c1cn(CC(C)C)c2cccc(N)c2c1=O. The van der Waals surface area contributed by atoms with Gasteiger partial charge in [-0.25, -0.2) is 0 Å². The first-order chi connectivity index (χ1) is 10.8. The number of nitrogens with zero attached hydrogens (tertiary/aromatic N) is 1. The van der Waals surface area contributed by atoms with E-state index in [1.165, 1.54) is 0 Å². The third-order valence-corrected chi connectivity index (χ3v) is 3.94. The van der Waals surface area contributed by atoms with Crippen molar-refractivity contribution >= 4 is 22.5 Å². The van der Waals surface area contributed by atoms with Gasteiger partial charge >= 0.3 is 0 Å². The van der Waals surface area contributed by atoms with Gasteiger partial charge in [0.1, 0.15) is 5.56 Å². The standard InChI is InChI=1S/C18H25N3O2/c1-5-12(4)20-18(23)13-10-21(9-11(2)3)15-8-6-7-14(19)16(15)17(13)22/h6-8,10-12H,5,9,19H2,1-4H3,(H,20,23). The lowest BCUT2D eigenvalue weighted by Gasteiger charge is -2.17. The summed E-state index contributed by atoms with van der Waals surface area (Å²) in [6, 6.07) is 5.41. The summed E-state index contributed by atoms with van der Waals surface area (Å²) >= 11 is 0. The fourth-order valence-corrected chi connectivity index (χ4v) is 2.57. The molecule has 0 aliphatic heterocycles. The van der Waals surface area contributed by atoms with E-state index >= 15 is 0 Å². The minimum atomic E-state index is -0.341. The Morgan fingerprint density at radius 2 is 2.00 bits per heavy atom. The largest absolute Gasteiger partial charge is 0.398 e. The molecule has 1 unspecified atom stereocenters. The van der Waals surface area contributed by atoms with Gasteiger partial charge in [-0.2, -0.15) is 0 Å². The first kappa shape index (κ1) is 17.1. The third kappa shape index (κ3) is 3.55. The van der Waals surface area contributed by atoms with E-state index in [1.807, 2.05) is 30.5 Å². The van der Waals surface area contributed by atoms with Crippen LogP contribution < -0.4 is 16.5 Å². The van der Waals surface area contributed by atoms with E-state index in [0.29, 0.717) is 23.5 Å². The summed E-state index contributed by atoms with van der Waals surface area (Å²) in [5, 5.41) is 3.28. The van der Waals surface area contributed by atoms with Gasteiger partial charge in [-0.3, -0.25) is 9.59 Å². The van der Waals surface area contributed by atoms with Crippen molar-refractivity contribution in [3.8, 4) is 0 Å². The van der Waals surface area contributed by atoms with Gasteiger partial charge in [-0.1, -0.05) is 26.8 Å². The van der Waals surface area contributed by atoms with E-state index in [1.54, 1.807) is 12.3 Å². The molecule has 5 nitrogen and oxygen atoms in total. The van der Waals surface area contributed by atoms with Gasteiger partial charge < -0.3 is 15.6 Å². The zero-order chi connectivity index (χ0) is 17.1. The monoisotopic (exact) mass is 315 g/mol. The van der Waals surface area contributed by atoms with Crippen LogP contribution in [0.25, 0.3) is 10.9 Å². The van der Waals surface area contributed by atoms with Crippen LogP contribution in [0.15, 0.2) is 29.2 Å². The molecular weight excluding hydrogens is 290 g/mol. The normalized spacial score (nSPS) is 12.6. The maximum atomic E-state index is 12.7. The molecule has 0 aliphatic rings. The fourth-order valence-electron chi connectivity index (χ4n) is 2.57. The highest BCUT2D eigenvalue weighted by molar-refractivity contribution is 6.00. The van der Waals surface area contributed by atoms with Crippen LogP contribution >= 0.6 is 0 Å². The van der Waals surface area contributed by atoms with Gasteiger partial charge in [-0.05, 0) is 31.4 Å². The molecule has 1 aromatic heterocycles. The van der Waals surface area contributed by atoms with Crippen molar-refractivity contribution in [1.82, 2.24) is 9.88 Å². The van der Waals surface area contributed by atoms with E-state index in [2.05, 4.69) is 19.2 Å². The Bertz CT molecular complexity index is 778. The number of carbonyl (C=O) groups excluding carboxylic acids is 1. The van der Waals surface area contributed by atoms with E-state index in [-0.39, 0.29) is 22.9 Å². The quantitative estimate of drug-likeness (QED) is 0.833. The summed E-state index contributed by atoms with van der Waals surface area (Å²) < 4.78 is 1.95. The van der Waals surface area contributed by atoms with Crippen molar-refractivity contribution in [2.24, 2.45) is 5.92 Å². The van der Waals surface area contributed by atoms with E-state index in [0.717, 1.165) is 11.9 Å². The molecule has 1 amide bonds. The lowest BCUT2D eigenvalue weighted by atomic mass is 10.1. The predicted octanol–water partition coefficient (Wildman–Crippen LogP) is 2.77. The highest BCUT2D eigenvalue weighted by atomic mass is 16.2. The molecule has 23 heavy (non-hydrogen) atoms. The van der Waals surface area contributed by atoms with E-state index in [4.69, 9.17) is 5.73 Å². The summed E-state index contributed by atoms with van der Waals surface area (Å²) in [4.78, 5) is 25.2. The molecule has 0 spiro atoms. The Morgan fingerprint density at radius 3 is 2.61 bits per heavy atom. The molecule has 0 bridgehead atoms. The molecule has 0 aliphatic carbocycles. The number of benzene rings is 1. The topological polar surface area (TPSA) is 77.1 Å². The second kappa shape index (κ2) is 6.86. The maximum Gasteiger partial charge on any atom is 0.256 e. The number of hydrogen-bond acceptors (Lipinski definition) is 3. The molecule has 0 saturated heterocycles. The number of amides is 1. The van der Waals surface area contributed by atoms with Crippen LogP contribution in [0.5, 0.6) is 0 Å². The molecule has 2 rings (SSSR count). The van der Waals surface area contributed by atoms with Gasteiger partial charge in [0.2, 0.25) is 5.43 Å². The number of carbonyl (C=O) groups is 1. The Balaban J connectivity index is 2.66. The first-order valence-corrected chi connectivity index (χ1v) is 8.07. The zero-order valence-electron chi connectivity index (χ0n) is 14.2. The predicted molar refractivity (Wildman–Crippen MR) is 94.7 cm³/mol. The minimum absolute atomic E-state index is 0.0178. The van der Waals surface area contributed by atoms with Crippen molar-refractivity contribution in [3.05, 3.63) is 40.2 Å². The van der Waals surface area contributed by atoms with E-state index in [9.17, 15) is 9.59 Å². The molecule has 2 aromatic rings. The lowest BCUT2D eigenvalue weighted by Crippen LogP contribution is -2.35. The Kier molecular flexibility index (Phi) is 5.08. The molecule has 1 atom stereocenters. The highest BCUT2D eigenvalue weighted by Crippen LogP contribution is 2.19. The summed E-state index contributed by atoms with van der Waals surface area (Å²) in [6.45, 7) is 8.80. The smallest absolute Gasteiger partial charge is 0.256 e. The molecule has 3 N–H and O–H groups in total. The van der Waals surface area contributed by atoms with Crippen LogP contribution in [0.3, 0.4) is 0 Å². The van der Waals surface area contributed by atoms with Crippen molar-refractivity contribution < 1.29 is 4.79 Å². The number of pyridine rings is 1. The number of anilines is 1. The van der Waals surface area contributed by atoms with Crippen molar-refractivity contribution in [3.63, 3.8) is 0 Å². The lowest BCUT2D eigenvalue weighted by molar-refractivity contribution is 0.0937. The molecule has 1 heterocycles. The van der Waals surface area contributed by atoms with Gasteiger partial charge in [0, 0.05) is 24.5 Å². The molecule has 5 heteroatoms. The highest BCUT2D eigenvalue weighted by Gasteiger charge is 2.18. The molecule has 1 aromatic carbocycles. The third-order valence-electron chi connectivity index (χ3n) is 3.94. The average Bonchev–Trinajstić information content (AvgIpc) is 2.49. The molecule has 0 saturated carbocycles. The second-order valence-electron chi connectivity index (χ2n) is 6.44. The van der Waals surface area contributed by atoms with Crippen molar-refractivity contribution in [1.29, 1.82) is 0 Å². The van der Waals surface area contributed by atoms with Crippen LogP contribution in [0, 0.1) is 5.92 Å². The maximum absolute atomic E-state index is 12.7. The molecular formula is C18H25N3O2. The van der Waals surface area contributed by atoms with Crippen LogP contribution in [0.4, 0.5) is 5.69 Å². The van der Waals surface area contributed by atoms with Crippen LogP contribution in [0.1, 0.15) is 44.5 Å². The van der Waals surface area contributed by atoms with Crippen molar-refractivity contribution in [2.45, 2.75) is 46.7 Å². The fraction of sp³-hybridized carbons (Fsp3) is 0.444. The summed E-state index contributed by atoms with van der Waals surface area (Å²) in [6.07, 6.45) is 2.46. The van der Waals surface area contributed by atoms with Gasteiger partial charge in [-0.15, -0.1) is 0 Å². The molecule has 0 fully saturated rings. The summed E-state index contributed by atoms with van der Waals surface area (Å²) in [7, 11) is 0. The summed E-state index contributed by atoms with van der Waals surface area (Å²) in [5.74, 6) is 0.0413. The Morgan fingerprint density at radius 1 is 1.30 bits per heavy atom. The van der Waals surface area contributed by atoms with Gasteiger partial charge in [0.05, 0.1) is 10.9 Å². The van der Waals surface area contributed by atoms with Crippen LogP contribution in [-0.4, -0.2) is 16.5 Å². The number of fused-ring (bicyclic) bond motifs is 1. The average molecular weight is 315 g/mol. The van der Waals surface area contributed by atoms with Gasteiger partial charge in [0.15, 0.2) is 0 Å². The number of rotatable bonds is 5. The Hall–Kier alpha value is -2.30. The Labute approximate surface area is 136 Å². The number of aromatic nitrogens is 1. The number of nitrogen functional groups attached to an aromatic ring is 1. The molecule has 0 radical (unpaired) electrons. The van der Waals surface area contributed by atoms with Crippen LogP contribution in [0.2, 0.25) is 0 Å². The van der Waals surface area contributed by atoms with Crippen molar-refractivity contribution in [2.75, 3.05) is 5.73 Å². The zero-order valence-corrected chi connectivity index (χ0v) is 14.2. The first-order valence-electron chi connectivity index (χ1n) is 8.07. The minimum Gasteiger partial charge on any atom is -0.398 e. The second-order valence-corrected chi connectivity index (χ2v) is 6.44. The summed E-state index contributed by atoms with van der Waals surface area (Å²) in [5.41, 5.74) is 7.02. The number of nitrogens with one attached hydrogen (secondary N) is 1. The number of nitrogens with two attached hydrogens (primary N) is 1. The van der Waals surface area contributed by atoms with E-state index < -0.39 is 0 Å².